The molecular formula is C21H27N3O3. The maximum Gasteiger partial charge on any atom is 0.308 e. The Bertz CT molecular complexity index is 856. The molecule has 1 aromatic carbocycles. The molecule has 3 rings (SSSR count). The lowest BCUT2D eigenvalue weighted by Crippen LogP contribution is -2.31. The highest BCUT2D eigenvalue weighted by molar-refractivity contribution is 5.93. The summed E-state index contributed by atoms with van der Waals surface area (Å²) in [6.07, 6.45) is 0.810. The molecule has 2 aromatic rings. The summed E-state index contributed by atoms with van der Waals surface area (Å²) in [5.74, 6) is -1.35. The second kappa shape index (κ2) is 7.55. The minimum absolute atomic E-state index is 0.151. The van der Waals surface area contributed by atoms with Gasteiger partial charge in [0.15, 0.2) is 0 Å². The van der Waals surface area contributed by atoms with Crippen LogP contribution in [0.4, 0.5) is 0 Å². The van der Waals surface area contributed by atoms with Crippen LogP contribution in [-0.2, 0) is 18.3 Å². The highest BCUT2D eigenvalue weighted by Crippen LogP contribution is 2.35. The lowest BCUT2D eigenvalue weighted by Gasteiger charge is -2.18. The molecule has 2 heterocycles. The molecule has 2 atom stereocenters. The van der Waals surface area contributed by atoms with Gasteiger partial charge in [-0.3, -0.25) is 14.3 Å². The second-order valence-electron chi connectivity index (χ2n) is 7.86. The van der Waals surface area contributed by atoms with E-state index < -0.39 is 11.9 Å². The Morgan fingerprint density at radius 1 is 1.26 bits per heavy atom. The number of carbonyl (C=O) groups excluding carboxylic acids is 1. The fourth-order valence-electron chi connectivity index (χ4n) is 3.94. The molecule has 1 aromatic heterocycles. The van der Waals surface area contributed by atoms with Crippen molar-refractivity contribution in [3.63, 3.8) is 0 Å². The van der Waals surface area contributed by atoms with Crippen LogP contribution in [0.25, 0.3) is 0 Å². The number of carboxylic acids is 1. The fraction of sp³-hybridized carbons (Fsp3) is 0.476. The van der Waals surface area contributed by atoms with Crippen LogP contribution in [0.3, 0.4) is 0 Å². The number of amides is 1. The van der Waals surface area contributed by atoms with E-state index in [1.807, 2.05) is 37.3 Å². The van der Waals surface area contributed by atoms with Gasteiger partial charge < -0.3 is 10.0 Å². The van der Waals surface area contributed by atoms with Gasteiger partial charge in [0.05, 0.1) is 11.6 Å². The van der Waals surface area contributed by atoms with E-state index in [-0.39, 0.29) is 18.4 Å². The minimum atomic E-state index is -0.857. The van der Waals surface area contributed by atoms with Crippen LogP contribution >= 0.6 is 0 Å². The highest BCUT2D eigenvalue weighted by Gasteiger charge is 2.41. The first-order chi connectivity index (χ1) is 12.8. The van der Waals surface area contributed by atoms with Crippen molar-refractivity contribution in [2.75, 3.05) is 13.1 Å². The summed E-state index contributed by atoms with van der Waals surface area (Å²) in [7, 11) is 1.76. The van der Waals surface area contributed by atoms with Crippen LogP contribution in [0.5, 0.6) is 0 Å². The van der Waals surface area contributed by atoms with Gasteiger partial charge in [-0.15, -0.1) is 0 Å². The molecular weight excluding hydrogens is 342 g/mol. The van der Waals surface area contributed by atoms with Crippen molar-refractivity contribution in [1.82, 2.24) is 14.7 Å². The van der Waals surface area contributed by atoms with Crippen LogP contribution in [-0.4, -0.2) is 44.8 Å². The number of nitrogens with zero attached hydrogens (tertiary/aromatic N) is 3. The first kappa shape index (κ1) is 19.1. The van der Waals surface area contributed by atoms with Crippen LogP contribution in [0.2, 0.25) is 0 Å². The zero-order valence-corrected chi connectivity index (χ0v) is 16.3. The molecule has 27 heavy (non-hydrogen) atoms. The van der Waals surface area contributed by atoms with E-state index >= 15 is 0 Å². The van der Waals surface area contributed by atoms with E-state index in [0.717, 1.165) is 23.2 Å². The third-order valence-electron chi connectivity index (χ3n) is 5.28. The average Bonchev–Trinajstić information content (AvgIpc) is 3.18. The van der Waals surface area contributed by atoms with Crippen molar-refractivity contribution in [3.05, 3.63) is 52.8 Å². The summed E-state index contributed by atoms with van der Waals surface area (Å²) in [5, 5.41) is 14.1. The highest BCUT2D eigenvalue weighted by atomic mass is 16.4. The molecule has 6 heteroatoms. The summed E-state index contributed by atoms with van der Waals surface area (Å²) in [5.41, 5.74) is 3.47. The van der Waals surface area contributed by atoms with E-state index in [1.165, 1.54) is 0 Å². The van der Waals surface area contributed by atoms with Crippen molar-refractivity contribution in [3.8, 4) is 0 Å². The molecule has 1 aliphatic rings. The quantitative estimate of drug-likeness (QED) is 0.879. The molecule has 0 saturated carbocycles. The van der Waals surface area contributed by atoms with Gasteiger partial charge in [-0.25, -0.2) is 0 Å². The third kappa shape index (κ3) is 3.89. The smallest absolute Gasteiger partial charge is 0.308 e. The van der Waals surface area contributed by atoms with Crippen LogP contribution in [0.1, 0.15) is 47.1 Å². The number of hydrogen-bond acceptors (Lipinski definition) is 3. The normalized spacial score (nSPS) is 19.7. The van der Waals surface area contributed by atoms with Crippen LogP contribution < -0.4 is 0 Å². The van der Waals surface area contributed by atoms with Gasteiger partial charge in [0.1, 0.15) is 5.69 Å². The predicted octanol–water partition coefficient (Wildman–Crippen LogP) is 2.87. The molecule has 0 aliphatic carbocycles. The van der Waals surface area contributed by atoms with E-state index in [0.29, 0.717) is 18.2 Å². The first-order valence-corrected chi connectivity index (χ1v) is 9.38. The number of likely N-dealkylation sites (tertiary alicyclic amines) is 1. The Morgan fingerprint density at radius 3 is 2.59 bits per heavy atom. The lowest BCUT2D eigenvalue weighted by molar-refractivity contribution is -0.141. The molecule has 144 valence electrons. The Balaban J connectivity index is 1.86. The van der Waals surface area contributed by atoms with Gasteiger partial charge in [0.2, 0.25) is 0 Å². The van der Waals surface area contributed by atoms with Gasteiger partial charge >= 0.3 is 5.97 Å². The van der Waals surface area contributed by atoms with Gasteiger partial charge in [0, 0.05) is 26.1 Å². The summed E-state index contributed by atoms with van der Waals surface area (Å²) in [6, 6.07) is 9.65. The standard InChI is InChI=1S/C21H27N3O3/c1-13(2)9-15-10-19(23(4)22-15)20(25)24-11-17(18(12-24)21(26)27)16-8-6-5-7-14(16)3/h5-8,10,13,17-18H,9,11-12H2,1-4H3,(H,26,27)/t17-,18+/m0/s1. The van der Waals surface area contributed by atoms with E-state index in [1.54, 1.807) is 16.6 Å². The zero-order chi connectivity index (χ0) is 19.7. The van der Waals surface area contributed by atoms with Gasteiger partial charge in [-0.2, -0.15) is 5.10 Å². The molecule has 0 bridgehead atoms. The molecule has 1 fully saturated rings. The van der Waals surface area contributed by atoms with Crippen molar-refractivity contribution in [2.45, 2.75) is 33.1 Å². The van der Waals surface area contributed by atoms with Crippen LogP contribution in [0, 0.1) is 18.8 Å². The molecule has 1 amide bonds. The molecule has 1 aliphatic heterocycles. The molecule has 0 unspecified atom stereocenters. The van der Waals surface area contributed by atoms with E-state index in [9.17, 15) is 14.7 Å². The number of aromatic nitrogens is 2. The summed E-state index contributed by atoms with van der Waals surface area (Å²) < 4.78 is 1.61. The number of benzene rings is 1. The number of aliphatic carboxylic acids is 1. The molecule has 0 spiro atoms. The van der Waals surface area contributed by atoms with Gasteiger partial charge in [-0.1, -0.05) is 38.1 Å². The molecule has 6 nitrogen and oxygen atoms in total. The van der Waals surface area contributed by atoms with Crippen LogP contribution in [0.15, 0.2) is 30.3 Å². The van der Waals surface area contributed by atoms with Crippen molar-refractivity contribution < 1.29 is 14.7 Å². The maximum atomic E-state index is 13.1. The SMILES string of the molecule is Cc1ccccc1[C@@H]1CN(C(=O)c2cc(CC(C)C)nn2C)C[C@H]1C(=O)O. The number of carboxylic acid groups (broad SMARTS) is 1. The zero-order valence-electron chi connectivity index (χ0n) is 16.3. The Kier molecular flexibility index (Phi) is 5.35. The topological polar surface area (TPSA) is 75.4 Å². The number of aryl methyl sites for hydroxylation is 2. The maximum absolute atomic E-state index is 13.1. The van der Waals surface area contributed by atoms with E-state index in [4.69, 9.17) is 0 Å². The summed E-state index contributed by atoms with van der Waals surface area (Å²) in [4.78, 5) is 26.6. The second-order valence-corrected chi connectivity index (χ2v) is 7.86. The predicted molar refractivity (Wildman–Crippen MR) is 103 cm³/mol. The number of carbonyl (C=O) groups is 2. The summed E-state index contributed by atoms with van der Waals surface area (Å²) in [6.45, 7) is 6.84. The van der Waals surface area contributed by atoms with Crippen molar-refractivity contribution in [2.24, 2.45) is 18.9 Å². The monoisotopic (exact) mass is 369 g/mol. The van der Waals surface area contributed by atoms with Crippen molar-refractivity contribution in [1.29, 1.82) is 0 Å². The molecule has 1 saturated heterocycles. The molecule has 0 radical (unpaired) electrons. The largest absolute Gasteiger partial charge is 0.481 e. The van der Waals surface area contributed by atoms with Crippen molar-refractivity contribution >= 4 is 11.9 Å². The minimum Gasteiger partial charge on any atom is -0.481 e. The Morgan fingerprint density at radius 2 is 1.96 bits per heavy atom. The first-order valence-electron chi connectivity index (χ1n) is 9.38. The Hall–Kier alpha value is -2.63. The fourth-order valence-corrected chi connectivity index (χ4v) is 3.94. The molecule has 1 N–H and O–H groups in total. The summed E-state index contributed by atoms with van der Waals surface area (Å²) >= 11 is 0. The van der Waals surface area contributed by atoms with E-state index in [2.05, 4.69) is 18.9 Å². The number of hydrogen-bond donors (Lipinski definition) is 1. The Labute approximate surface area is 159 Å². The lowest BCUT2D eigenvalue weighted by atomic mass is 9.86. The van der Waals surface area contributed by atoms with Gasteiger partial charge in [-0.05, 0) is 36.5 Å². The van der Waals surface area contributed by atoms with Gasteiger partial charge in [0.25, 0.3) is 5.91 Å². The average molecular weight is 369 g/mol. The third-order valence-corrected chi connectivity index (χ3v) is 5.28. The number of rotatable bonds is 5.